The Hall–Kier alpha value is -2.89. The van der Waals surface area contributed by atoms with Gasteiger partial charge in [0.15, 0.2) is 5.79 Å². The van der Waals surface area contributed by atoms with E-state index < -0.39 is 33.8 Å². The van der Waals surface area contributed by atoms with Crippen molar-refractivity contribution in [3.8, 4) is 11.3 Å². The summed E-state index contributed by atoms with van der Waals surface area (Å²) >= 11 is 0. The number of benzene rings is 1. The van der Waals surface area contributed by atoms with Crippen molar-refractivity contribution in [2.45, 2.75) is 97.7 Å². The maximum atomic E-state index is 13.8. The monoisotopic (exact) mass is 605 g/mol. The van der Waals surface area contributed by atoms with Crippen molar-refractivity contribution in [1.29, 1.82) is 0 Å². The molecule has 0 radical (unpaired) electrons. The van der Waals surface area contributed by atoms with Crippen molar-refractivity contribution < 1.29 is 31.8 Å². The molecule has 2 aromatic rings. The molecular weight excluding hydrogens is 561 g/mol. The zero-order valence-corrected chi connectivity index (χ0v) is 26.9. The maximum Gasteiger partial charge on any atom is 0.308 e. The summed E-state index contributed by atoms with van der Waals surface area (Å²) in [6.07, 6.45) is 5.13. The molecule has 0 bridgehead atoms. The lowest BCUT2D eigenvalue weighted by atomic mass is 9.97. The number of esters is 1. The number of ether oxygens (including phenoxy) is 3. The van der Waals surface area contributed by atoms with E-state index in [0.717, 1.165) is 17.0 Å². The predicted octanol–water partition coefficient (Wildman–Crippen LogP) is 6.09. The number of hydrogen-bond acceptors (Lipinski definition) is 8. The summed E-state index contributed by atoms with van der Waals surface area (Å²) < 4.78 is 57.3. The number of nitrogens with zero attached hydrogens (tertiary/aromatic N) is 3. The Morgan fingerprint density at radius 1 is 1.14 bits per heavy atom. The average molecular weight is 606 g/mol. The van der Waals surface area contributed by atoms with E-state index in [2.05, 4.69) is 23.8 Å². The number of carbonyl (C=O) groups excluding carboxylic acids is 1. The van der Waals surface area contributed by atoms with Crippen molar-refractivity contribution in [2.24, 2.45) is 5.92 Å². The molecule has 1 aliphatic heterocycles. The Kier molecular flexibility index (Phi) is 10.9. The Morgan fingerprint density at radius 2 is 1.79 bits per heavy atom. The van der Waals surface area contributed by atoms with Crippen molar-refractivity contribution in [3.05, 3.63) is 47.4 Å². The van der Waals surface area contributed by atoms with E-state index in [4.69, 9.17) is 14.2 Å². The molecule has 9 nitrogen and oxygen atoms in total. The van der Waals surface area contributed by atoms with Crippen LogP contribution in [0.4, 0.5) is 10.3 Å². The normalized spacial score (nSPS) is 19.8. The van der Waals surface area contributed by atoms with Crippen molar-refractivity contribution in [2.75, 3.05) is 17.6 Å². The van der Waals surface area contributed by atoms with Gasteiger partial charge in [-0.25, -0.2) is 27.1 Å². The first-order valence-electron chi connectivity index (χ1n) is 14.3. The second kappa shape index (κ2) is 13.6. The molecule has 1 aromatic heterocycles. The minimum Gasteiger partial charge on any atom is -0.463 e. The van der Waals surface area contributed by atoms with E-state index in [1.165, 1.54) is 19.2 Å². The zero-order valence-electron chi connectivity index (χ0n) is 26.0. The lowest BCUT2D eigenvalue weighted by molar-refractivity contribution is -0.290. The van der Waals surface area contributed by atoms with Gasteiger partial charge in [-0.1, -0.05) is 39.8 Å². The first-order valence-corrected chi connectivity index (χ1v) is 16.1. The minimum atomic E-state index is -3.63. The van der Waals surface area contributed by atoms with Crippen molar-refractivity contribution in [3.63, 3.8) is 0 Å². The smallest absolute Gasteiger partial charge is 0.308 e. The van der Waals surface area contributed by atoms with Gasteiger partial charge in [0.05, 0.1) is 42.4 Å². The Balaban J connectivity index is 1.97. The molecule has 0 amide bonds. The standard InChI is InChI=1S/C31H44FN3O6S/c1-19(2)16-21(5)39-27(36)18-25-17-24(40-31(6,7)41-25)14-15-26-28(20(3)4)33-30(35(8)42(9,37)38)34-29(26)22-10-12-23(32)13-11-22/h10-15,19-21,24-25H,16-18H2,1-9H3/t21?,24-,25-/m1/s1. The summed E-state index contributed by atoms with van der Waals surface area (Å²) in [5, 5.41) is 0. The van der Waals surface area contributed by atoms with Crippen molar-refractivity contribution in [1.82, 2.24) is 9.97 Å². The van der Waals surface area contributed by atoms with Crippen LogP contribution >= 0.6 is 0 Å². The summed E-state index contributed by atoms with van der Waals surface area (Å²) in [6.45, 7) is 13.6. The molecular formula is C31H44FN3O6S. The topological polar surface area (TPSA) is 108 Å². The molecule has 0 spiro atoms. The quantitative estimate of drug-likeness (QED) is 0.283. The fourth-order valence-corrected chi connectivity index (χ4v) is 5.34. The third-order valence-electron chi connectivity index (χ3n) is 6.80. The lowest BCUT2D eigenvalue weighted by Crippen LogP contribution is -2.44. The number of hydrogen-bond donors (Lipinski definition) is 0. The highest BCUT2D eigenvalue weighted by molar-refractivity contribution is 7.92. The third-order valence-corrected chi connectivity index (χ3v) is 7.95. The largest absolute Gasteiger partial charge is 0.463 e. The van der Waals surface area contributed by atoms with E-state index >= 15 is 0 Å². The molecule has 1 saturated heterocycles. The Labute approximate surface area is 249 Å². The van der Waals surface area contributed by atoms with Gasteiger partial charge in [-0.2, -0.15) is 0 Å². The summed E-state index contributed by atoms with van der Waals surface area (Å²) in [4.78, 5) is 21.9. The first kappa shape index (κ1) is 33.6. The number of aromatic nitrogens is 2. The zero-order chi connectivity index (χ0) is 31.4. The third kappa shape index (κ3) is 9.31. The van der Waals surface area contributed by atoms with E-state index in [-0.39, 0.29) is 30.4 Å². The highest BCUT2D eigenvalue weighted by Gasteiger charge is 2.36. The molecule has 0 aliphatic carbocycles. The van der Waals surface area contributed by atoms with Gasteiger partial charge in [-0.3, -0.25) is 4.79 Å². The Morgan fingerprint density at radius 3 is 2.36 bits per heavy atom. The van der Waals surface area contributed by atoms with Gasteiger partial charge < -0.3 is 14.2 Å². The van der Waals surface area contributed by atoms with Crippen LogP contribution in [0.25, 0.3) is 17.3 Å². The van der Waals surface area contributed by atoms with Gasteiger partial charge in [0.25, 0.3) is 0 Å². The number of carbonyl (C=O) groups is 1. The molecule has 1 aromatic carbocycles. The van der Waals surface area contributed by atoms with Gasteiger partial charge in [0, 0.05) is 24.6 Å². The Bertz CT molecular complexity index is 1380. The number of anilines is 1. The summed E-state index contributed by atoms with van der Waals surface area (Å²) in [5.41, 5.74) is 2.35. The molecule has 11 heteroatoms. The van der Waals surface area contributed by atoms with E-state index in [9.17, 15) is 17.6 Å². The first-order chi connectivity index (χ1) is 19.4. The van der Waals surface area contributed by atoms with Gasteiger partial charge >= 0.3 is 5.97 Å². The molecule has 3 rings (SSSR count). The fraction of sp³-hybridized carbons (Fsp3) is 0.581. The summed E-state index contributed by atoms with van der Waals surface area (Å²) in [7, 11) is -2.24. The van der Waals surface area contributed by atoms with Crippen LogP contribution in [-0.4, -0.2) is 61.8 Å². The lowest BCUT2D eigenvalue weighted by Gasteiger charge is -2.39. The van der Waals surface area contributed by atoms with Crippen molar-refractivity contribution >= 4 is 28.0 Å². The van der Waals surface area contributed by atoms with Crippen LogP contribution in [0.15, 0.2) is 30.3 Å². The molecule has 3 atom stereocenters. The summed E-state index contributed by atoms with van der Waals surface area (Å²) in [6, 6.07) is 5.85. The molecule has 1 aliphatic rings. The van der Waals surface area contributed by atoms with Crippen LogP contribution in [0.3, 0.4) is 0 Å². The van der Waals surface area contributed by atoms with Gasteiger partial charge in [-0.15, -0.1) is 0 Å². The van der Waals surface area contributed by atoms with Crippen LogP contribution in [0.1, 0.15) is 84.9 Å². The molecule has 1 unspecified atom stereocenters. The van der Waals surface area contributed by atoms with Crippen LogP contribution in [0.2, 0.25) is 0 Å². The molecule has 1 fully saturated rings. The highest BCUT2D eigenvalue weighted by atomic mass is 32.2. The molecule has 42 heavy (non-hydrogen) atoms. The average Bonchev–Trinajstić information content (AvgIpc) is 2.84. The number of rotatable bonds is 11. The van der Waals surface area contributed by atoms with Crippen LogP contribution in [0.5, 0.6) is 0 Å². The fourth-order valence-electron chi connectivity index (χ4n) is 4.96. The number of halogens is 1. The highest BCUT2D eigenvalue weighted by Crippen LogP contribution is 2.34. The van der Waals surface area contributed by atoms with Gasteiger partial charge in [-0.05, 0) is 63.3 Å². The van der Waals surface area contributed by atoms with E-state index in [1.807, 2.05) is 32.9 Å². The van der Waals surface area contributed by atoms with E-state index in [1.54, 1.807) is 26.0 Å². The molecule has 0 saturated carbocycles. The van der Waals surface area contributed by atoms with Crippen LogP contribution in [0, 0.1) is 11.7 Å². The SMILES string of the molecule is CC(C)CC(C)OC(=O)C[C@H]1C[C@@H](C=Cc2c(-c3ccc(F)cc3)nc(N(C)S(C)(=O)=O)nc2C(C)C)OC(C)(C)O1. The second-order valence-electron chi connectivity index (χ2n) is 12.1. The van der Waals surface area contributed by atoms with Crippen LogP contribution < -0.4 is 4.31 Å². The molecule has 232 valence electrons. The number of sulfonamides is 1. The maximum absolute atomic E-state index is 13.8. The molecule has 2 heterocycles. The molecule has 0 N–H and O–H groups in total. The van der Waals surface area contributed by atoms with Gasteiger partial charge in [0.2, 0.25) is 16.0 Å². The van der Waals surface area contributed by atoms with E-state index in [0.29, 0.717) is 34.9 Å². The predicted molar refractivity (Wildman–Crippen MR) is 162 cm³/mol. The van der Waals surface area contributed by atoms with Gasteiger partial charge in [0.1, 0.15) is 5.82 Å². The summed E-state index contributed by atoms with van der Waals surface area (Å²) in [5.74, 6) is -1.31. The van der Waals surface area contributed by atoms with Crippen LogP contribution in [-0.2, 0) is 29.0 Å². The minimum absolute atomic E-state index is 0.0198. The second-order valence-corrected chi connectivity index (χ2v) is 14.1.